The third-order valence-corrected chi connectivity index (χ3v) is 4.98. The lowest BCUT2D eigenvalue weighted by atomic mass is 10.1. The van der Waals surface area contributed by atoms with Crippen molar-refractivity contribution < 1.29 is 19.0 Å². The molecule has 150 valence electrons. The van der Waals surface area contributed by atoms with E-state index in [1.54, 1.807) is 7.11 Å². The quantitative estimate of drug-likeness (QED) is 0.684. The third-order valence-electron chi connectivity index (χ3n) is 4.98. The van der Waals surface area contributed by atoms with Gasteiger partial charge < -0.3 is 24.8 Å². The fourth-order valence-corrected chi connectivity index (χ4v) is 3.35. The zero-order valence-corrected chi connectivity index (χ0v) is 16.5. The van der Waals surface area contributed by atoms with E-state index < -0.39 is 0 Å². The lowest BCUT2D eigenvalue weighted by molar-refractivity contribution is 0.171. The van der Waals surface area contributed by atoms with Crippen LogP contribution in [0.1, 0.15) is 24.1 Å². The highest BCUT2D eigenvalue weighted by Gasteiger charge is 2.15. The summed E-state index contributed by atoms with van der Waals surface area (Å²) >= 11 is 0. The van der Waals surface area contributed by atoms with Crippen LogP contribution in [0, 0.1) is 0 Å². The Labute approximate surface area is 169 Å². The predicted molar refractivity (Wildman–Crippen MR) is 112 cm³/mol. The molecule has 3 aromatic carbocycles. The molecular formula is C23H24N2O4. The molecule has 0 spiro atoms. The zero-order chi connectivity index (χ0) is 20.2. The third kappa shape index (κ3) is 4.37. The molecule has 6 nitrogen and oxygen atoms in total. The fraction of sp³-hybridized carbons (Fsp3) is 0.261. The maximum absolute atomic E-state index is 12.3. The largest absolute Gasteiger partial charge is 0.497 e. The number of hydrogen-bond donors (Lipinski definition) is 2. The molecule has 0 bridgehead atoms. The minimum Gasteiger partial charge on any atom is -0.497 e. The maximum atomic E-state index is 12.3. The van der Waals surface area contributed by atoms with Crippen LogP contribution in [-0.4, -0.2) is 26.4 Å². The number of carbonyl (C=O) groups is 1. The van der Waals surface area contributed by atoms with E-state index in [9.17, 15) is 4.79 Å². The summed E-state index contributed by atoms with van der Waals surface area (Å²) in [6, 6.07) is 17.4. The van der Waals surface area contributed by atoms with Crippen molar-refractivity contribution in [3.05, 3.63) is 65.7 Å². The lowest BCUT2D eigenvalue weighted by Gasteiger charge is -2.21. The highest BCUT2D eigenvalue weighted by atomic mass is 16.6. The normalized spacial score (nSPS) is 13.6. The van der Waals surface area contributed by atoms with Gasteiger partial charge in [-0.1, -0.05) is 24.3 Å². The molecule has 3 aromatic rings. The molecule has 0 saturated carbocycles. The monoisotopic (exact) mass is 392 g/mol. The summed E-state index contributed by atoms with van der Waals surface area (Å²) in [6.07, 6.45) is 0. The van der Waals surface area contributed by atoms with E-state index in [4.69, 9.17) is 14.2 Å². The minimum atomic E-state index is -0.220. The van der Waals surface area contributed by atoms with Crippen LogP contribution in [0.25, 0.3) is 10.8 Å². The molecule has 0 fully saturated rings. The van der Waals surface area contributed by atoms with Gasteiger partial charge >= 0.3 is 6.03 Å². The van der Waals surface area contributed by atoms with Crippen molar-refractivity contribution in [1.29, 1.82) is 0 Å². The molecule has 6 heteroatoms. The van der Waals surface area contributed by atoms with Gasteiger partial charge in [-0.25, -0.2) is 4.79 Å². The zero-order valence-electron chi connectivity index (χ0n) is 16.5. The highest BCUT2D eigenvalue weighted by Crippen LogP contribution is 2.32. The van der Waals surface area contributed by atoms with Gasteiger partial charge in [0.1, 0.15) is 19.0 Å². The number of ether oxygens (including phenoxy) is 3. The molecule has 0 aliphatic carbocycles. The Hall–Kier alpha value is -3.41. The number of fused-ring (bicyclic) bond motifs is 2. The van der Waals surface area contributed by atoms with Crippen molar-refractivity contribution in [3.63, 3.8) is 0 Å². The molecule has 1 heterocycles. The first kappa shape index (κ1) is 18.9. The molecule has 4 rings (SSSR count). The molecule has 0 saturated heterocycles. The average molecular weight is 392 g/mol. The number of methoxy groups -OCH3 is 1. The van der Waals surface area contributed by atoms with Crippen LogP contribution in [-0.2, 0) is 6.54 Å². The lowest BCUT2D eigenvalue weighted by Crippen LogP contribution is -2.36. The van der Waals surface area contributed by atoms with Gasteiger partial charge in [0.05, 0.1) is 13.2 Å². The van der Waals surface area contributed by atoms with Crippen LogP contribution in [0.2, 0.25) is 0 Å². The van der Waals surface area contributed by atoms with E-state index in [-0.39, 0.29) is 12.1 Å². The van der Waals surface area contributed by atoms with Crippen LogP contribution >= 0.6 is 0 Å². The molecule has 1 atom stereocenters. The van der Waals surface area contributed by atoms with E-state index in [0.29, 0.717) is 19.8 Å². The molecular weight excluding hydrogens is 368 g/mol. The van der Waals surface area contributed by atoms with Crippen molar-refractivity contribution in [1.82, 2.24) is 10.6 Å². The first-order chi connectivity index (χ1) is 14.1. The van der Waals surface area contributed by atoms with Crippen LogP contribution in [0.5, 0.6) is 17.2 Å². The summed E-state index contributed by atoms with van der Waals surface area (Å²) < 4.78 is 16.4. The molecule has 1 aliphatic heterocycles. The molecule has 2 N–H and O–H groups in total. The smallest absolute Gasteiger partial charge is 0.315 e. The Morgan fingerprint density at radius 2 is 1.76 bits per heavy atom. The first-order valence-electron chi connectivity index (χ1n) is 9.63. The molecule has 0 aromatic heterocycles. The Morgan fingerprint density at radius 3 is 2.59 bits per heavy atom. The summed E-state index contributed by atoms with van der Waals surface area (Å²) in [5, 5.41) is 8.09. The van der Waals surface area contributed by atoms with Crippen molar-refractivity contribution in [2.24, 2.45) is 0 Å². The van der Waals surface area contributed by atoms with Crippen LogP contribution < -0.4 is 24.8 Å². The summed E-state index contributed by atoms with van der Waals surface area (Å²) in [6.45, 7) is 3.48. The summed E-state index contributed by atoms with van der Waals surface area (Å²) in [5.74, 6) is 2.29. The first-order valence-corrected chi connectivity index (χ1v) is 9.63. The van der Waals surface area contributed by atoms with E-state index in [0.717, 1.165) is 39.1 Å². The van der Waals surface area contributed by atoms with Crippen LogP contribution in [0.4, 0.5) is 4.79 Å². The van der Waals surface area contributed by atoms with Gasteiger partial charge in [0.2, 0.25) is 0 Å². The number of amides is 2. The van der Waals surface area contributed by atoms with Crippen molar-refractivity contribution in [3.8, 4) is 17.2 Å². The number of rotatable bonds is 5. The SMILES string of the molecule is COc1ccc2cc(CNC(=O)NC(C)c3ccc4c(c3)OCCO4)ccc2c1. The number of urea groups is 1. The van der Waals surface area contributed by atoms with Gasteiger partial charge in [-0.05, 0) is 59.2 Å². The van der Waals surface area contributed by atoms with Crippen molar-refractivity contribution in [2.75, 3.05) is 20.3 Å². The molecule has 1 unspecified atom stereocenters. The van der Waals surface area contributed by atoms with E-state index >= 15 is 0 Å². The van der Waals surface area contributed by atoms with E-state index in [1.165, 1.54) is 0 Å². The van der Waals surface area contributed by atoms with Gasteiger partial charge in [0.15, 0.2) is 11.5 Å². The second kappa shape index (κ2) is 8.31. The van der Waals surface area contributed by atoms with Gasteiger partial charge in [-0.2, -0.15) is 0 Å². The van der Waals surface area contributed by atoms with E-state index in [2.05, 4.69) is 16.7 Å². The predicted octanol–water partition coefficient (Wildman–Crippen LogP) is 4.18. The van der Waals surface area contributed by atoms with Crippen molar-refractivity contribution in [2.45, 2.75) is 19.5 Å². The van der Waals surface area contributed by atoms with Crippen LogP contribution in [0.3, 0.4) is 0 Å². The molecule has 2 amide bonds. The number of hydrogen-bond acceptors (Lipinski definition) is 4. The summed E-state index contributed by atoms with van der Waals surface area (Å²) in [4.78, 5) is 12.3. The standard InChI is InChI=1S/C23H24N2O4/c1-15(17-6-8-21-22(13-17)29-10-9-28-21)25-23(26)24-14-16-3-4-19-12-20(27-2)7-5-18(19)11-16/h3-8,11-13,15H,9-10,14H2,1-2H3,(H2,24,25,26). The Bertz CT molecular complexity index is 1030. The average Bonchev–Trinajstić information content (AvgIpc) is 2.76. The van der Waals surface area contributed by atoms with E-state index in [1.807, 2.05) is 55.5 Å². The number of nitrogens with one attached hydrogen (secondary N) is 2. The number of benzene rings is 3. The van der Waals surface area contributed by atoms with Crippen molar-refractivity contribution >= 4 is 16.8 Å². The Kier molecular flexibility index (Phi) is 5.42. The molecule has 1 aliphatic rings. The minimum absolute atomic E-state index is 0.158. The fourth-order valence-electron chi connectivity index (χ4n) is 3.35. The van der Waals surface area contributed by atoms with Gasteiger partial charge in [-0.15, -0.1) is 0 Å². The summed E-state index contributed by atoms with van der Waals surface area (Å²) in [5.41, 5.74) is 1.99. The highest BCUT2D eigenvalue weighted by molar-refractivity contribution is 5.84. The second-order valence-corrected chi connectivity index (χ2v) is 7.00. The topological polar surface area (TPSA) is 68.8 Å². The molecule has 0 radical (unpaired) electrons. The Morgan fingerprint density at radius 1 is 1.00 bits per heavy atom. The molecule has 29 heavy (non-hydrogen) atoms. The maximum Gasteiger partial charge on any atom is 0.315 e. The summed E-state index contributed by atoms with van der Waals surface area (Å²) in [7, 11) is 1.66. The van der Waals surface area contributed by atoms with Gasteiger partial charge in [0, 0.05) is 6.54 Å². The Balaban J connectivity index is 1.35. The van der Waals surface area contributed by atoms with Crippen LogP contribution in [0.15, 0.2) is 54.6 Å². The van der Waals surface area contributed by atoms with Gasteiger partial charge in [-0.3, -0.25) is 0 Å². The van der Waals surface area contributed by atoms with Gasteiger partial charge in [0.25, 0.3) is 0 Å². The second-order valence-electron chi connectivity index (χ2n) is 7.00. The number of carbonyl (C=O) groups excluding carboxylic acids is 1.